The first-order valence-corrected chi connectivity index (χ1v) is 4.95. The normalized spacial score (nSPS) is 10.3. The number of nitrogens with two attached hydrogens (primary N) is 1. The third-order valence-electron chi connectivity index (χ3n) is 2.06. The van der Waals surface area contributed by atoms with Crippen LogP contribution in [0, 0.1) is 0 Å². The molecule has 0 radical (unpaired) electrons. The number of hydrogen-bond acceptors (Lipinski definition) is 3. The maximum atomic E-state index is 6.03. The van der Waals surface area contributed by atoms with Crippen LogP contribution in [0.15, 0.2) is 36.7 Å². The average Bonchev–Trinajstić information content (AvgIpc) is 2.30. The SMILES string of the molecule is NCc1cnc(-c2ccccc2Cl)nc1. The van der Waals surface area contributed by atoms with Crippen molar-refractivity contribution in [1.82, 2.24) is 9.97 Å². The molecular weight excluding hydrogens is 210 g/mol. The molecule has 0 spiro atoms. The lowest BCUT2D eigenvalue weighted by atomic mass is 10.2. The van der Waals surface area contributed by atoms with Crippen molar-refractivity contribution in [3.05, 3.63) is 47.2 Å². The number of benzene rings is 1. The molecule has 0 fully saturated rings. The van der Waals surface area contributed by atoms with Crippen LogP contribution in [-0.2, 0) is 6.54 Å². The highest BCUT2D eigenvalue weighted by Gasteiger charge is 2.04. The predicted molar refractivity (Wildman–Crippen MR) is 60.4 cm³/mol. The molecule has 1 aromatic heterocycles. The van der Waals surface area contributed by atoms with Gasteiger partial charge in [-0.1, -0.05) is 23.7 Å². The van der Waals surface area contributed by atoms with Gasteiger partial charge in [0.15, 0.2) is 5.82 Å². The second-order valence-corrected chi connectivity index (χ2v) is 3.51. The number of aromatic nitrogens is 2. The lowest BCUT2D eigenvalue weighted by Crippen LogP contribution is -1.99. The minimum absolute atomic E-state index is 0.447. The molecule has 0 saturated carbocycles. The van der Waals surface area contributed by atoms with Crippen molar-refractivity contribution in [2.45, 2.75) is 6.54 Å². The maximum Gasteiger partial charge on any atom is 0.160 e. The van der Waals surface area contributed by atoms with E-state index in [0.29, 0.717) is 17.4 Å². The molecule has 2 rings (SSSR count). The Balaban J connectivity index is 2.42. The summed E-state index contributed by atoms with van der Waals surface area (Å²) in [6, 6.07) is 7.48. The van der Waals surface area contributed by atoms with Crippen LogP contribution in [0.25, 0.3) is 11.4 Å². The van der Waals surface area contributed by atoms with Gasteiger partial charge in [0, 0.05) is 30.1 Å². The molecule has 2 aromatic rings. The van der Waals surface area contributed by atoms with Gasteiger partial charge in [-0.2, -0.15) is 0 Å². The summed E-state index contributed by atoms with van der Waals surface area (Å²) >= 11 is 6.03. The molecule has 1 heterocycles. The molecule has 0 saturated heterocycles. The van der Waals surface area contributed by atoms with Crippen LogP contribution in [0.1, 0.15) is 5.56 Å². The zero-order chi connectivity index (χ0) is 10.7. The van der Waals surface area contributed by atoms with Gasteiger partial charge in [0.2, 0.25) is 0 Å². The van der Waals surface area contributed by atoms with Gasteiger partial charge in [-0.15, -0.1) is 0 Å². The third kappa shape index (κ3) is 2.14. The Morgan fingerprint density at radius 3 is 2.40 bits per heavy atom. The van der Waals surface area contributed by atoms with Crippen molar-refractivity contribution in [3.63, 3.8) is 0 Å². The van der Waals surface area contributed by atoms with Gasteiger partial charge >= 0.3 is 0 Å². The molecule has 0 atom stereocenters. The molecule has 15 heavy (non-hydrogen) atoms. The second kappa shape index (κ2) is 4.38. The standard InChI is InChI=1S/C11H10ClN3/c12-10-4-2-1-3-9(10)11-14-6-8(5-13)7-15-11/h1-4,6-7H,5,13H2. The Morgan fingerprint density at radius 1 is 1.13 bits per heavy atom. The molecule has 0 aliphatic rings. The van der Waals surface area contributed by atoms with Gasteiger partial charge in [-0.3, -0.25) is 0 Å². The largest absolute Gasteiger partial charge is 0.326 e. The highest BCUT2D eigenvalue weighted by molar-refractivity contribution is 6.33. The van der Waals surface area contributed by atoms with Gasteiger partial charge in [0.05, 0.1) is 5.02 Å². The summed E-state index contributed by atoms with van der Waals surface area (Å²) in [4.78, 5) is 8.41. The van der Waals surface area contributed by atoms with Crippen molar-refractivity contribution < 1.29 is 0 Å². The molecule has 0 bridgehead atoms. The second-order valence-electron chi connectivity index (χ2n) is 3.10. The summed E-state index contributed by atoms with van der Waals surface area (Å²) in [6.07, 6.45) is 3.43. The first kappa shape index (κ1) is 10.1. The fourth-order valence-corrected chi connectivity index (χ4v) is 1.46. The fraction of sp³-hybridized carbons (Fsp3) is 0.0909. The third-order valence-corrected chi connectivity index (χ3v) is 2.39. The number of hydrogen-bond donors (Lipinski definition) is 1. The summed E-state index contributed by atoms with van der Waals surface area (Å²) in [6.45, 7) is 0.447. The smallest absolute Gasteiger partial charge is 0.160 e. The molecule has 0 aliphatic heterocycles. The topological polar surface area (TPSA) is 51.8 Å². The van der Waals surface area contributed by atoms with Crippen molar-refractivity contribution in [3.8, 4) is 11.4 Å². The van der Waals surface area contributed by atoms with E-state index >= 15 is 0 Å². The summed E-state index contributed by atoms with van der Waals surface area (Å²) in [5, 5.41) is 0.651. The van der Waals surface area contributed by atoms with Gasteiger partial charge in [-0.05, 0) is 12.1 Å². The van der Waals surface area contributed by atoms with E-state index in [1.807, 2.05) is 24.3 Å². The first-order chi connectivity index (χ1) is 7.31. The van der Waals surface area contributed by atoms with Crippen LogP contribution in [0.2, 0.25) is 5.02 Å². The van der Waals surface area contributed by atoms with Crippen molar-refractivity contribution >= 4 is 11.6 Å². The Bertz CT molecular complexity index is 454. The quantitative estimate of drug-likeness (QED) is 0.843. The van der Waals surface area contributed by atoms with E-state index in [9.17, 15) is 0 Å². The molecule has 1 aromatic carbocycles. The predicted octanol–water partition coefficient (Wildman–Crippen LogP) is 2.26. The minimum Gasteiger partial charge on any atom is -0.326 e. The van der Waals surface area contributed by atoms with E-state index < -0.39 is 0 Å². The van der Waals surface area contributed by atoms with Crippen molar-refractivity contribution in [1.29, 1.82) is 0 Å². The maximum absolute atomic E-state index is 6.03. The molecule has 4 heteroatoms. The molecule has 0 amide bonds. The molecule has 0 unspecified atom stereocenters. The van der Waals surface area contributed by atoms with Gasteiger partial charge in [-0.25, -0.2) is 9.97 Å². The van der Waals surface area contributed by atoms with E-state index in [4.69, 9.17) is 17.3 Å². The summed E-state index contributed by atoms with van der Waals surface area (Å²) in [5.41, 5.74) is 7.21. The Labute approximate surface area is 92.9 Å². The van der Waals surface area contributed by atoms with Crippen molar-refractivity contribution in [2.75, 3.05) is 0 Å². The lowest BCUT2D eigenvalue weighted by molar-refractivity contribution is 1.01. The van der Waals surface area contributed by atoms with Gasteiger partial charge < -0.3 is 5.73 Å². The van der Waals surface area contributed by atoms with Crippen LogP contribution in [0.5, 0.6) is 0 Å². The molecule has 2 N–H and O–H groups in total. The monoisotopic (exact) mass is 219 g/mol. The molecule has 3 nitrogen and oxygen atoms in total. The summed E-state index contributed by atoms with van der Waals surface area (Å²) in [5.74, 6) is 0.623. The van der Waals surface area contributed by atoms with Crippen LogP contribution in [0.4, 0.5) is 0 Å². The number of rotatable bonds is 2. The fourth-order valence-electron chi connectivity index (χ4n) is 1.24. The van der Waals surface area contributed by atoms with E-state index in [0.717, 1.165) is 11.1 Å². The Morgan fingerprint density at radius 2 is 1.80 bits per heavy atom. The van der Waals surface area contributed by atoms with Gasteiger partial charge in [0.25, 0.3) is 0 Å². The van der Waals surface area contributed by atoms with E-state index in [1.165, 1.54) is 0 Å². The highest BCUT2D eigenvalue weighted by atomic mass is 35.5. The molecular formula is C11H10ClN3. The van der Waals surface area contributed by atoms with E-state index in [1.54, 1.807) is 12.4 Å². The van der Waals surface area contributed by atoms with Crippen LogP contribution >= 0.6 is 11.6 Å². The first-order valence-electron chi connectivity index (χ1n) is 4.57. The number of halogens is 1. The Hall–Kier alpha value is -1.45. The average molecular weight is 220 g/mol. The molecule has 0 aliphatic carbocycles. The van der Waals surface area contributed by atoms with E-state index in [-0.39, 0.29) is 0 Å². The summed E-state index contributed by atoms with van der Waals surface area (Å²) < 4.78 is 0. The van der Waals surface area contributed by atoms with Crippen molar-refractivity contribution in [2.24, 2.45) is 5.73 Å². The Kier molecular flexibility index (Phi) is 2.94. The molecule has 76 valence electrons. The minimum atomic E-state index is 0.447. The summed E-state index contributed by atoms with van der Waals surface area (Å²) in [7, 11) is 0. The van der Waals surface area contributed by atoms with Gasteiger partial charge in [0.1, 0.15) is 0 Å². The lowest BCUT2D eigenvalue weighted by Gasteiger charge is -2.02. The van der Waals surface area contributed by atoms with Crippen LogP contribution < -0.4 is 5.73 Å². The zero-order valence-corrected chi connectivity index (χ0v) is 8.78. The van der Waals surface area contributed by atoms with Crippen LogP contribution in [-0.4, -0.2) is 9.97 Å². The van der Waals surface area contributed by atoms with Crippen LogP contribution in [0.3, 0.4) is 0 Å². The zero-order valence-electron chi connectivity index (χ0n) is 8.02. The number of nitrogens with zero attached hydrogens (tertiary/aromatic N) is 2. The highest BCUT2D eigenvalue weighted by Crippen LogP contribution is 2.23. The van der Waals surface area contributed by atoms with E-state index in [2.05, 4.69) is 9.97 Å².